The third kappa shape index (κ3) is 3.10. The average molecular weight is 268 g/mol. The first-order valence-electron chi connectivity index (χ1n) is 5.98. The number of hydrogen-bond donors (Lipinski definition) is 0. The summed E-state index contributed by atoms with van der Waals surface area (Å²) in [6.45, 7) is 2.23. The molecule has 1 aliphatic rings. The zero-order chi connectivity index (χ0) is 13.0. The average Bonchev–Trinajstić information content (AvgIpc) is 2.83. The van der Waals surface area contributed by atoms with E-state index in [0.717, 1.165) is 12.8 Å². The highest BCUT2D eigenvalue weighted by molar-refractivity contribution is 7.85. The van der Waals surface area contributed by atoms with Gasteiger partial charge in [0.05, 0.1) is 5.75 Å². The lowest BCUT2D eigenvalue weighted by Gasteiger charge is -2.03. The quantitative estimate of drug-likeness (QED) is 0.742. The molecule has 1 atom stereocenters. The Morgan fingerprint density at radius 3 is 2.89 bits per heavy atom. The molecule has 2 rings (SSSR count). The lowest BCUT2D eigenvalue weighted by Crippen LogP contribution is -2.13. The van der Waals surface area contributed by atoms with E-state index in [9.17, 15) is 9.00 Å². The predicted octanol–water partition coefficient (Wildman–Crippen LogP) is 2.15. The molecule has 98 valence electrons. The highest BCUT2D eigenvalue weighted by Crippen LogP contribution is 2.32. The molecule has 1 aromatic rings. The summed E-state index contributed by atoms with van der Waals surface area (Å²) in [6, 6.07) is 5.05. The van der Waals surface area contributed by atoms with Crippen LogP contribution in [0, 0.1) is 0 Å². The van der Waals surface area contributed by atoms with E-state index in [4.69, 9.17) is 9.47 Å². The van der Waals surface area contributed by atoms with E-state index in [-0.39, 0.29) is 18.3 Å². The summed E-state index contributed by atoms with van der Waals surface area (Å²) < 4.78 is 22.0. The number of benzene rings is 1. The Hall–Kier alpha value is -1.36. The summed E-state index contributed by atoms with van der Waals surface area (Å²) in [5.41, 5.74) is 0.532. The van der Waals surface area contributed by atoms with Crippen LogP contribution in [-0.4, -0.2) is 28.3 Å². The van der Waals surface area contributed by atoms with Gasteiger partial charge in [-0.15, -0.1) is 0 Å². The number of Topliss-reactive ketones (excluding diaryl/α,β-unsaturated/α-hetero) is 1. The van der Waals surface area contributed by atoms with Crippen molar-refractivity contribution in [1.82, 2.24) is 0 Å². The minimum Gasteiger partial charge on any atom is -0.454 e. The van der Waals surface area contributed by atoms with Gasteiger partial charge in [-0.05, 0) is 24.6 Å². The van der Waals surface area contributed by atoms with Crippen molar-refractivity contribution >= 4 is 16.6 Å². The van der Waals surface area contributed by atoms with Crippen molar-refractivity contribution in [3.05, 3.63) is 23.8 Å². The predicted molar refractivity (Wildman–Crippen MR) is 69.7 cm³/mol. The molecular weight excluding hydrogens is 252 g/mol. The van der Waals surface area contributed by atoms with Crippen molar-refractivity contribution in [3.63, 3.8) is 0 Å². The molecule has 0 radical (unpaired) electrons. The Morgan fingerprint density at radius 2 is 2.11 bits per heavy atom. The van der Waals surface area contributed by atoms with Gasteiger partial charge in [0.25, 0.3) is 0 Å². The van der Waals surface area contributed by atoms with E-state index in [1.165, 1.54) is 0 Å². The van der Waals surface area contributed by atoms with E-state index in [0.29, 0.717) is 22.8 Å². The van der Waals surface area contributed by atoms with Crippen LogP contribution >= 0.6 is 0 Å². The highest BCUT2D eigenvalue weighted by atomic mass is 32.2. The number of carbonyl (C=O) groups is 1. The number of unbranched alkanes of at least 4 members (excludes halogenated alkanes) is 1. The Labute approximate surface area is 109 Å². The molecular formula is C13H16O4S. The smallest absolute Gasteiger partial charge is 0.231 e. The van der Waals surface area contributed by atoms with Gasteiger partial charge in [-0.1, -0.05) is 13.3 Å². The Kier molecular flexibility index (Phi) is 4.36. The van der Waals surface area contributed by atoms with Crippen LogP contribution in [0.5, 0.6) is 11.5 Å². The fourth-order valence-corrected chi connectivity index (χ4v) is 2.89. The largest absolute Gasteiger partial charge is 0.454 e. The zero-order valence-corrected chi connectivity index (χ0v) is 11.1. The molecule has 0 aliphatic carbocycles. The van der Waals surface area contributed by atoms with Gasteiger partial charge in [0.15, 0.2) is 17.3 Å². The van der Waals surface area contributed by atoms with E-state index < -0.39 is 10.8 Å². The van der Waals surface area contributed by atoms with Gasteiger partial charge in [-0.25, -0.2) is 0 Å². The highest BCUT2D eigenvalue weighted by Gasteiger charge is 2.17. The van der Waals surface area contributed by atoms with Crippen LogP contribution in [-0.2, 0) is 10.8 Å². The summed E-state index contributed by atoms with van der Waals surface area (Å²) in [7, 11) is -1.07. The van der Waals surface area contributed by atoms with Crippen LogP contribution < -0.4 is 9.47 Å². The van der Waals surface area contributed by atoms with E-state index in [2.05, 4.69) is 0 Å². The fourth-order valence-electron chi connectivity index (χ4n) is 1.68. The van der Waals surface area contributed by atoms with E-state index in [1.807, 2.05) is 6.92 Å². The summed E-state index contributed by atoms with van der Waals surface area (Å²) >= 11 is 0. The fraction of sp³-hybridized carbons (Fsp3) is 0.462. The minimum absolute atomic E-state index is 0.0830. The molecule has 0 saturated heterocycles. The minimum atomic E-state index is -1.07. The maximum Gasteiger partial charge on any atom is 0.231 e. The van der Waals surface area contributed by atoms with Crippen LogP contribution in [0.1, 0.15) is 30.1 Å². The topological polar surface area (TPSA) is 52.6 Å². The van der Waals surface area contributed by atoms with Gasteiger partial charge in [0.2, 0.25) is 6.79 Å². The number of carbonyl (C=O) groups excluding carboxylic acids is 1. The SMILES string of the molecule is CCCCS(=O)CC(=O)c1ccc2c(c1)OCO2. The van der Waals surface area contributed by atoms with Gasteiger partial charge in [-0.2, -0.15) is 0 Å². The molecule has 0 amide bonds. The molecule has 0 saturated carbocycles. The number of fused-ring (bicyclic) bond motifs is 1. The Balaban J connectivity index is 1.99. The lowest BCUT2D eigenvalue weighted by atomic mass is 10.1. The van der Waals surface area contributed by atoms with Gasteiger partial charge in [0, 0.05) is 22.1 Å². The molecule has 1 unspecified atom stereocenters. The monoisotopic (exact) mass is 268 g/mol. The van der Waals surface area contributed by atoms with Crippen molar-refractivity contribution in [2.75, 3.05) is 18.3 Å². The van der Waals surface area contributed by atoms with Gasteiger partial charge >= 0.3 is 0 Å². The molecule has 1 heterocycles. The van der Waals surface area contributed by atoms with Crippen LogP contribution in [0.3, 0.4) is 0 Å². The molecule has 0 spiro atoms. The third-order valence-corrected chi connectivity index (χ3v) is 4.04. The van der Waals surface area contributed by atoms with Crippen molar-refractivity contribution in [3.8, 4) is 11.5 Å². The first-order valence-corrected chi connectivity index (χ1v) is 7.47. The lowest BCUT2D eigenvalue weighted by molar-refractivity contribution is 0.102. The van der Waals surface area contributed by atoms with Crippen molar-refractivity contribution in [2.24, 2.45) is 0 Å². The number of ether oxygens (including phenoxy) is 2. The second kappa shape index (κ2) is 6.00. The molecule has 1 aromatic carbocycles. The third-order valence-electron chi connectivity index (χ3n) is 2.71. The summed E-state index contributed by atoms with van der Waals surface area (Å²) in [5.74, 6) is 1.80. The first-order chi connectivity index (χ1) is 8.70. The van der Waals surface area contributed by atoms with Gasteiger partial charge in [-0.3, -0.25) is 9.00 Å². The standard InChI is InChI=1S/C13H16O4S/c1-2-3-6-18(15)8-11(14)10-4-5-12-13(7-10)17-9-16-12/h4-5,7H,2-3,6,8-9H2,1H3. The number of rotatable bonds is 6. The second-order valence-corrected chi connectivity index (χ2v) is 5.71. The maximum atomic E-state index is 11.9. The number of hydrogen-bond acceptors (Lipinski definition) is 4. The van der Waals surface area contributed by atoms with E-state index in [1.54, 1.807) is 18.2 Å². The van der Waals surface area contributed by atoms with Crippen molar-refractivity contribution in [2.45, 2.75) is 19.8 Å². The summed E-state index contributed by atoms with van der Waals surface area (Å²) in [6.07, 6.45) is 1.88. The normalized spacial score (nSPS) is 14.5. The zero-order valence-electron chi connectivity index (χ0n) is 10.3. The number of ketones is 1. The van der Waals surface area contributed by atoms with Crippen molar-refractivity contribution in [1.29, 1.82) is 0 Å². The second-order valence-electron chi connectivity index (χ2n) is 4.13. The van der Waals surface area contributed by atoms with Gasteiger partial charge in [0.1, 0.15) is 0 Å². The molecule has 18 heavy (non-hydrogen) atoms. The molecule has 5 heteroatoms. The molecule has 0 bridgehead atoms. The van der Waals surface area contributed by atoms with Crippen LogP contribution in [0.25, 0.3) is 0 Å². The van der Waals surface area contributed by atoms with Crippen LogP contribution in [0.15, 0.2) is 18.2 Å². The maximum absolute atomic E-state index is 11.9. The Morgan fingerprint density at radius 1 is 1.33 bits per heavy atom. The molecule has 0 aromatic heterocycles. The van der Waals surface area contributed by atoms with E-state index >= 15 is 0 Å². The molecule has 0 N–H and O–H groups in total. The summed E-state index contributed by atoms with van der Waals surface area (Å²) in [5, 5.41) is 0. The molecule has 4 nitrogen and oxygen atoms in total. The molecule has 1 aliphatic heterocycles. The first kappa shape index (κ1) is 13.1. The Bertz CT molecular complexity index is 470. The van der Waals surface area contributed by atoms with Crippen LogP contribution in [0.4, 0.5) is 0 Å². The van der Waals surface area contributed by atoms with Crippen LogP contribution in [0.2, 0.25) is 0 Å². The molecule has 0 fully saturated rings. The van der Waals surface area contributed by atoms with Crippen molar-refractivity contribution < 1.29 is 18.5 Å². The van der Waals surface area contributed by atoms with Gasteiger partial charge < -0.3 is 9.47 Å². The summed E-state index contributed by atoms with van der Waals surface area (Å²) in [4.78, 5) is 11.9.